The highest BCUT2D eigenvalue weighted by atomic mass is 127. The molecule has 0 unspecified atom stereocenters. The van der Waals surface area contributed by atoms with Gasteiger partial charge in [-0.15, -0.1) is 24.0 Å². The van der Waals surface area contributed by atoms with Crippen molar-refractivity contribution in [1.29, 1.82) is 0 Å². The van der Waals surface area contributed by atoms with E-state index in [1.54, 1.807) is 19.2 Å². The van der Waals surface area contributed by atoms with Crippen molar-refractivity contribution >= 4 is 29.9 Å². The van der Waals surface area contributed by atoms with Crippen molar-refractivity contribution < 1.29 is 23.0 Å². The zero-order valence-electron chi connectivity index (χ0n) is 19.0. The fourth-order valence-electron chi connectivity index (χ4n) is 3.45. The molecule has 1 saturated heterocycles. The Bertz CT molecular complexity index is 876. The number of nitrogens with one attached hydrogen (secondary N) is 2. The molecule has 3 rings (SSSR count). The van der Waals surface area contributed by atoms with Crippen LogP contribution in [0.1, 0.15) is 35.1 Å². The molecule has 1 fully saturated rings. The SMILES string of the molecule is CN=C(NCc1ccc(COC2CCOCC2)cc1)NCc1cc(C)ccc1OC(F)F.I. The van der Waals surface area contributed by atoms with E-state index in [0.29, 0.717) is 31.2 Å². The first-order valence-corrected chi connectivity index (χ1v) is 10.8. The van der Waals surface area contributed by atoms with Crippen molar-refractivity contribution in [2.75, 3.05) is 20.3 Å². The van der Waals surface area contributed by atoms with E-state index in [9.17, 15) is 8.78 Å². The smallest absolute Gasteiger partial charge is 0.387 e. The molecule has 1 heterocycles. The molecule has 33 heavy (non-hydrogen) atoms. The first-order chi connectivity index (χ1) is 15.5. The quantitative estimate of drug-likeness (QED) is 0.256. The molecule has 1 aliphatic heterocycles. The molecule has 0 aromatic heterocycles. The third-order valence-corrected chi connectivity index (χ3v) is 5.24. The van der Waals surface area contributed by atoms with Crippen molar-refractivity contribution in [3.8, 4) is 5.75 Å². The number of aliphatic imine (C=N–C) groups is 1. The second-order valence-corrected chi connectivity index (χ2v) is 7.71. The standard InChI is InChI=1S/C24H31F2N3O3.HI/c1-17-3-8-22(32-23(25)26)20(13-17)15-29-24(27-2)28-14-18-4-6-19(7-5-18)16-31-21-9-11-30-12-10-21;/h3-8,13,21,23H,9-12,14-16H2,1-2H3,(H2,27,28,29);1H. The molecule has 0 aliphatic carbocycles. The van der Waals surface area contributed by atoms with Crippen LogP contribution in [-0.4, -0.2) is 38.9 Å². The van der Waals surface area contributed by atoms with Gasteiger partial charge in [0, 0.05) is 38.9 Å². The summed E-state index contributed by atoms with van der Waals surface area (Å²) in [6, 6.07) is 13.4. The number of aryl methyl sites for hydroxylation is 1. The maximum atomic E-state index is 12.7. The van der Waals surface area contributed by atoms with Gasteiger partial charge >= 0.3 is 6.61 Å². The molecule has 9 heteroatoms. The first kappa shape index (κ1) is 27.3. The number of benzene rings is 2. The van der Waals surface area contributed by atoms with Crippen molar-refractivity contribution in [2.45, 2.75) is 52.2 Å². The lowest BCUT2D eigenvalue weighted by Gasteiger charge is -2.22. The molecule has 6 nitrogen and oxygen atoms in total. The Kier molecular flexibility index (Phi) is 11.8. The molecule has 1 aliphatic rings. The third-order valence-electron chi connectivity index (χ3n) is 5.24. The summed E-state index contributed by atoms with van der Waals surface area (Å²) in [6.07, 6.45) is 2.18. The second kappa shape index (κ2) is 14.3. The van der Waals surface area contributed by atoms with Gasteiger partial charge in [0.15, 0.2) is 5.96 Å². The number of rotatable bonds is 9. The van der Waals surface area contributed by atoms with Gasteiger partial charge in [-0.05, 0) is 37.0 Å². The van der Waals surface area contributed by atoms with Crippen molar-refractivity contribution in [2.24, 2.45) is 4.99 Å². The van der Waals surface area contributed by atoms with Gasteiger partial charge in [0.1, 0.15) is 5.75 Å². The van der Waals surface area contributed by atoms with Gasteiger partial charge in [-0.2, -0.15) is 8.78 Å². The van der Waals surface area contributed by atoms with E-state index in [-0.39, 0.29) is 35.8 Å². The number of hydrogen-bond acceptors (Lipinski definition) is 4. The van der Waals surface area contributed by atoms with E-state index in [1.165, 1.54) is 0 Å². The van der Waals surface area contributed by atoms with Crippen LogP contribution < -0.4 is 15.4 Å². The fourth-order valence-corrected chi connectivity index (χ4v) is 3.45. The van der Waals surface area contributed by atoms with E-state index in [2.05, 4.69) is 44.6 Å². The summed E-state index contributed by atoms with van der Waals surface area (Å²) in [5.41, 5.74) is 3.84. The number of halogens is 3. The van der Waals surface area contributed by atoms with Crippen molar-refractivity contribution in [1.82, 2.24) is 10.6 Å². The summed E-state index contributed by atoms with van der Waals surface area (Å²) in [7, 11) is 1.67. The van der Waals surface area contributed by atoms with Crippen LogP contribution in [0.4, 0.5) is 8.78 Å². The highest BCUT2D eigenvalue weighted by molar-refractivity contribution is 14.0. The largest absolute Gasteiger partial charge is 0.434 e. The van der Waals surface area contributed by atoms with E-state index >= 15 is 0 Å². The van der Waals surface area contributed by atoms with Crippen molar-refractivity contribution in [3.63, 3.8) is 0 Å². The Labute approximate surface area is 211 Å². The minimum atomic E-state index is -2.86. The number of alkyl halides is 2. The van der Waals surface area contributed by atoms with Crippen LogP contribution in [0.3, 0.4) is 0 Å². The van der Waals surface area contributed by atoms with Gasteiger partial charge in [-0.3, -0.25) is 4.99 Å². The first-order valence-electron chi connectivity index (χ1n) is 10.8. The lowest BCUT2D eigenvalue weighted by atomic mass is 10.1. The van der Waals surface area contributed by atoms with E-state index in [0.717, 1.165) is 42.7 Å². The Morgan fingerprint density at radius 1 is 1.06 bits per heavy atom. The Hall–Kier alpha value is -1.98. The predicted octanol–water partition coefficient (Wildman–Crippen LogP) is 4.78. The maximum Gasteiger partial charge on any atom is 0.387 e. The lowest BCUT2D eigenvalue weighted by Crippen LogP contribution is -2.36. The molecule has 0 atom stereocenters. The van der Waals surface area contributed by atoms with Gasteiger partial charge in [-0.1, -0.05) is 42.0 Å². The molecule has 2 aromatic rings. The molecule has 0 amide bonds. The Balaban J connectivity index is 0.00000385. The lowest BCUT2D eigenvalue weighted by molar-refractivity contribution is -0.0504. The topological polar surface area (TPSA) is 64.1 Å². The summed E-state index contributed by atoms with van der Waals surface area (Å²) in [6.45, 7) is 2.08. The van der Waals surface area contributed by atoms with E-state index in [4.69, 9.17) is 9.47 Å². The van der Waals surface area contributed by atoms with Crippen LogP contribution in [0.15, 0.2) is 47.5 Å². The monoisotopic (exact) mass is 575 g/mol. The molecule has 2 N–H and O–H groups in total. The van der Waals surface area contributed by atoms with Gasteiger partial charge < -0.3 is 24.8 Å². The number of hydrogen-bond donors (Lipinski definition) is 2. The van der Waals surface area contributed by atoms with E-state index in [1.807, 2.05) is 13.0 Å². The van der Waals surface area contributed by atoms with Gasteiger partial charge in [0.25, 0.3) is 0 Å². The predicted molar refractivity (Wildman–Crippen MR) is 135 cm³/mol. The zero-order valence-corrected chi connectivity index (χ0v) is 21.3. The summed E-state index contributed by atoms with van der Waals surface area (Å²) in [5, 5.41) is 6.39. The minimum Gasteiger partial charge on any atom is -0.434 e. The third kappa shape index (κ3) is 9.42. The molecule has 2 aromatic carbocycles. The van der Waals surface area contributed by atoms with Crippen LogP contribution in [-0.2, 0) is 29.2 Å². The highest BCUT2D eigenvalue weighted by Crippen LogP contribution is 2.22. The highest BCUT2D eigenvalue weighted by Gasteiger charge is 2.14. The average Bonchev–Trinajstić information content (AvgIpc) is 2.80. The molecule has 182 valence electrons. The molecule has 0 saturated carbocycles. The Morgan fingerprint density at radius 2 is 1.73 bits per heavy atom. The van der Waals surface area contributed by atoms with Crippen LogP contribution in [0.5, 0.6) is 5.75 Å². The molecular formula is C24H32F2IN3O3. The van der Waals surface area contributed by atoms with Crippen LogP contribution in [0, 0.1) is 6.92 Å². The summed E-state index contributed by atoms with van der Waals surface area (Å²) < 4.78 is 41.2. The fraction of sp³-hybridized carbons (Fsp3) is 0.458. The van der Waals surface area contributed by atoms with Crippen LogP contribution in [0.25, 0.3) is 0 Å². The molecule has 0 spiro atoms. The molecule has 0 radical (unpaired) electrons. The molecule has 0 bridgehead atoms. The average molecular weight is 575 g/mol. The summed E-state index contributed by atoms with van der Waals surface area (Å²) in [5.74, 6) is 0.730. The van der Waals surface area contributed by atoms with Gasteiger partial charge in [-0.25, -0.2) is 0 Å². The van der Waals surface area contributed by atoms with Crippen LogP contribution in [0.2, 0.25) is 0 Å². The second-order valence-electron chi connectivity index (χ2n) is 7.71. The normalized spacial score (nSPS) is 14.6. The Morgan fingerprint density at radius 3 is 2.39 bits per heavy atom. The minimum absolute atomic E-state index is 0. The molecular weight excluding hydrogens is 543 g/mol. The van der Waals surface area contributed by atoms with Gasteiger partial charge in [0.05, 0.1) is 12.7 Å². The van der Waals surface area contributed by atoms with E-state index < -0.39 is 6.61 Å². The summed E-state index contributed by atoms with van der Waals surface area (Å²) >= 11 is 0. The van der Waals surface area contributed by atoms with Crippen LogP contribution >= 0.6 is 24.0 Å². The van der Waals surface area contributed by atoms with Crippen molar-refractivity contribution in [3.05, 3.63) is 64.7 Å². The zero-order chi connectivity index (χ0) is 22.8. The number of ether oxygens (including phenoxy) is 3. The summed E-state index contributed by atoms with van der Waals surface area (Å²) in [4.78, 5) is 4.21. The number of guanidine groups is 1. The number of nitrogens with zero attached hydrogens (tertiary/aromatic N) is 1. The van der Waals surface area contributed by atoms with Gasteiger partial charge in [0.2, 0.25) is 0 Å². The maximum absolute atomic E-state index is 12.7.